The van der Waals surface area contributed by atoms with E-state index >= 15 is 0 Å². The lowest BCUT2D eigenvalue weighted by Crippen LogP contribution is -2.11. The molecule has 0 unspecified atom stereocenters. The third-order valence-corrected chi connectivity index (χ3v) is 6.31. The second-order valence-corrected chi connectivity index (χ2v) is 8.68. The average Bonchev–Trinajstić information content (AvgIpc) is 2.69. The van der Waals surface area contributed by atoms with Crippen molar-refractivity contribution in [1.82, 2.24) is 0 Å². The van der Waals surface area contributed by atoms with Gasteiger partial charge < -0.3 is 0 Å². The van der Waals surface area contributed by atoms with Gasteiger partial charge in [0.15, 0.2) is 15.6 Å². The summed E-state index contributed by atoms with van der Waals surface area (Å²) in [6.07, 6.45) is 0.841. The van der Waals surface area contributed by atoms with Crippen LogP contribution in [0.15, 0.2) is 77.7 Å². The van der Waals surface area contributed by atoms with Crippen molar-refractivity contribution in [3.63, 3.8) is 0 Å². The minimum Gasteiger partial charge on any atom is -0.289 e. The first-order valence-corrected chi connectivity index (χ1v) is 10.6. The number of ketones is 1. The van der Waals surface area contributed by atoms with Crippen molar-refractivity contribution in [2.45, 2.75) is 24.0 Å². The van der Waals surface area contributed by atoms with Gasteiger partial charge in [0.25, 0.3) is 0 Å². The van der Waals surface area contributed by atoms with Crippen LogP contribution >= 0.6 is 11.6 Å². The first-order chi connectivity index (χ1) is 12.9. The molecule has 0 spiro atoms. The number of halogens is 1. The fourth-order valence-electron chi connectivity index (χ4n) is 2.85. The van der Waals surface area contributed by atoms with E-state index in [9.17, 15) is 13.2 Å². The highest BCUT2D eigenvalue weighted by atomic mass is 35.5. The van der Waals surface area contributed by atoms with Crippen molar-refractivity contribution in [3.05, 3.63) is 100 Å². The second kappa shape index (κ2) is 8.07. The van der Waals surface area contributed by atoms with Crippen molar-refractivity contribution in [2.75, 3.05) is 0 Å². The van der Waals surface area contributed by atoms with Crippen LogP contribution in [0.5, 0.6) is 0 Å². The Morgan fingerprint density at radius 2 is 1.59 bits per heavy atom. The summed E-state index contributed by atoms with van der Waals surface area (Å²) in [7, 11) is -3.58. The maximum Gasteiger partial charge on any atom is 0.193 e. The molecular weight excluding hydrogens is 380 g/mol. The van der Waals surface area contributed by atoms with Crippen molar-refractivity contribution < 1.29 is 13.2 Å². The third-order valence-electron chi connectivity index (χ3n) is 4.39. The normalized spacial score (nSPS) is 11.3. The molecule has 0 fully saturated rings. The molecule has 0 N–H and O–H groups in total. The Morgan fingerprint density at radius 1 is 0.926 bits per heavy atom. The molecule has 0 atom stereocenters. The van der Waals surface area contributed by atoms with Crippen molar-refractivity contribution in [1.29, 1.82) is 0 Å². The van der Waals surface area contributed by atoms with Crippen LogP contribution in [0.3, 0.4) is 0 Å². The zero-order valence-electron chi connectivity index (χ0n) is 14.9. The van der Waals surface area contributed by atoms with Crippen LogP contribution in [-0.2, 0) is 22.0 Å². The summed E-state index contributed by atoms with van der Waals surface area (Å²) in [5.74, 6) is -0.506. The fraction of sp³-hybridized carbons (Fsp3) is 0.136. The Balaban J connectivity index is 1.98. The molecule has 0 aliphatic rings. The summed E-state index contributed by atoms with van der Waals surface area (Å²) in [6.45, 7) is 2.01. The number of carbonyl (C=O) groups is 1. The Kier molecular flexibility index (Phi) is 5.78. The molecule has 0 amide bonds. The van der Waals surface area contributed by atoms with Crippen LogP contribution in [0.4, 0.5) is 0 Å². The number of sulfone groups is 1. The van der Waals surface area contributed by atoms with E-state index in [1.807, 2.05) is 25.1 Å². The van der Waals surface area contributed by atoms with E-state index < -0.39 is 9.84 Å². The molecule has 5 heteroatoms. The van der Waals surface area contributed by atoms with Crippen molar-refractivity contribution in [3.8, 4) is 0 Å². The molecule has 0 aliphatic carbocycles. The van der Waals surface area contributed by atoms with Gasteiger partial charge in [-0.3, -0.25) is 4.79 Å². The van der Waals surface area contributed by atoms with E-state index in [1.54, 1.807) is 48.5 Å². The third kappa shape index (κ3) is 4.46. The highest BCUT2D eigenvalue weighted by Gasteiger charge is 2.21. The van der Waals surface area contributed by atoms with Crippen LogP contribution in [-0.4, -0.2) is 14.2 Å². The van der Waals surface area contributed by atoms with E-state index in [0.29, 0.717) is 21.7 Å². The smallest absolute Gasteiger partial charge is 0.193 e. The lowest BCUT2D eigenvalue weighted by atomic mass is 9.99. The molecule has 3 aromatic rings. The number of rotatable bonds is 6. The molecular formula is C22H19ClO3S. The summed E-state index contributed by atoms with van der Waals surface area (Å²) in [5.41, 5.74) is 2.31. The Hall–Kier alpha value is -2.43. The zero-order valence-corrected chi connectivity index (χ0v) is 16.4. The molecule has 0 aliphatic heterocycles. The van der Waals surface area contributed by atoms with Crippen LogP contribution in [0, 0.1) is 0 Å². The summed E-state index contributed by atoms with van der Waals surface area (Å²) < 4.78 is 25.7. The summed E-state index contributed by atoms with van der Waals surface area (Å²) in [5, 5.41) is 0.391. The topological polar surface area (TPSA) is 51.2 Å². The minimum absolute atomic E-state index is 0.243. The van der Waals surface area contributed by atoms with Crippen LogP contribution in [0.1, 0.15) is 34.0 Å². The monoisotopic (exact) mass is 398 g/mol. The van der Waals surface area contributed by atoms with Crippen molar-refractivity contribution >= 4 is 27.2 Å². The van der Waals surface area contributed by atoms with Gasteiger partial charge in [0.1, 0.15) is 0 Å². The quantitative estimate of drug-likeness (QED) is 0.542. The van der Waals surface area contributed by atoms with E-state index in [1.165, 1.54) is 6.07 Å². The lowest BCUT2D eigenvalue weighted by Gasteiger charge is -2.11. The largest absolute Gasteiger partial charge is 0.289 e. The second-order valence-electron chi connectivity index (χ2n) is 6.25. The SMILES string of the molecule is CCc1ccc(S(=O)(=O)Cc2ccc(Cl)cc2C(=O)c2ccccc2)cc1. The van der Waals surface area contributed by atoms with Gasteiger partial charge in [-0.05, 0) is 41.8 Å². The van der Waals surface area contributed by atoms with E-state index in [-0.39, 0.29) is 16.4 Å². The van der Waals surface area contributed by atoms with Gasteiger partial charge in [-0.25, -0.2) is 8.42 Å². The molecule has 3 aromatic carbocycles. The zero-order chi connectivity index (χ0) is 19.4. The summed E-state index contributed by atoms with van der Waals surface area (Å²) in [6, 6.07) is 20.3. The highest BCUT2D eigenvalue weighted by Crippen LogP contribution is 2.24. The predicted molar refractivity (Wildman–Crippen MR) is 108 cm³/mol. The van der Waals surface area contributed by atoms with Gasteiger partial charge in [-0.15, -0.1) is 0 Å². The average molecular weight is 399 g/mol. The lowest BCUT2D eigenvalue weighted by molar-refractivity contribution is 0.103. The van der Waals surface area contributed by atoms with Gasteiger partial charge in [0.2, 0.25) is 0 Å². The molecule has 3 rings (SSSR count). The number of benzene rings is 3. The molecule has 3 nitrogen and oxygen atoms in total. The number of carbonyl (C=O) groups excluding carboxylic acids is 1. The van der Waals surface area contributed by atoms with E-state index in [4.69, 9.17) is 11.6 Å². The summed E-state index contributed by atoms with van der Waals surface area (Å²) >= 11 is 6.07. The molecule has 27 heavy (non-hydrogen) atoms. The van der Waals surface area contributed by atoms with Gasteiger partial charge in [-0.2, -0.15) is 0 Å². The first kappa shape index (κ1) is 19.3. The van der Waals surface area contributed by atoms with E-state index in [2.05, 4.69) is 0 Å². The molecule has 0 aromatic heterocycles. The Bertz CT molecular complexity index is 1060. The number of aryl methyl sites for hydroxylation is 1. The maximum absolute atomic E-state index is 12.9. The van der Waals surface area contributed by atoms with Gasteiger partial charge >= 0.3 is 0 Å². The predicted octanol–water partition coefficient (Wildman–Crippen LogP) is 5.11. The molecule has 0 radical (unpaired) electrons. The minimum atomic E-state index is -3.58. The van der Waals surface area contributed by atoms with Crippen LogP contribution in [0.25, 0.3) is 0 Å². The first-order valence-electron chi connectivity index (χ1n) is 8.60. The Labute approximate surface area is 164 Å². The summed E-state index contributed by atoms with van der Waals surface area (Å²) in [4.78, 5) is 13.1. The van der Waals surface area contributed by atoms with Crippen LogP contribution < -0.4 is 0 Å². The van der Waals surface area contributed by atoms with E-state index in [0.717, 1.165) is 12.0 Å². The number of hydrogen-bond acceptors (Lipinski definition) is 3. The molecule has 0 heterocycles. The van der Waals surface area contributed by atoms with Gasteiger partial charge in [0.05, 0.1) is 10.6 Å². The molecule has 0 saturated carbocycles. The van der Waals surface area contributed by atoms with Gasteiger partial charge in [0, 0.05) is 16.1 Å². The molecule has 0 saturated heterocycles. The Morgan fingerprint density at radius 3 is 2.22 bits per heavy atom. The molecule has 0 bridgehead atoms. The maximum atomic E-state index is 12.9. The van der Waals surface area contributed by atoms with Gasteiger partial charge in [-0.1, -0.05) is 67.1 Å². The number of hydrogen-bond donors (Lipinski definition) is 0. The standard InChI is InChI=1S/C22H19ClO3S/c1-2-16-8-12-20(13-9-16)27(25,26)15-18-10-11-19(23)14-21(18)22(24)17-6-4-3-5-7-17/h3-14H,2,15H2,1H3. The van der Waals surface area contributed by atoms with Crippen LogP contribution in [0.2, 0.25) is 5.02 Å². The highest BCUT2D eigenvalue weighted by molar-refractivity contribution is 7.90. The van der Waals surface area contributed by atoms with Crippen molar-refractivity contribution in [2.24, 2.45) is 0 Å². The fourth-order valence-corrected chi connectivity index (χ4v) is 4.40. The molecule has 138 valence electrons.